The van der Waals surface area contributed by atoms with Gasteiger partial charge in [-0.2, -0.15) is 0 Å². The molecule has 1 aliphatic rings. The van der Waals surface area contributed by atoms with Crippen LogP contribution in [-0.4, -0.2) is 4.98 Å². The van der Waals surface area contributed by atoms with Gasteiger partial charge < -0.3 is 0 Å². The normalized spacial score (nSPS) is 13.1. The van der Waals surface area contributed by atoms with Crippen molar-refractivity contribution in [1.29, 1.82) is 0 Å². The molecule has 1 nitrogen and oxygen atoms in total. The lowest BCUT2D eigenvalue weighted by molar-refractivity contribution is 0.775. The molecule has 0 fully saturated rings. The smallest absolute Gasteiger partial charge is 0.0722 e. The highest BCUT2D eigenvalue weighted by atomic mass is 14.7. The second-order valence-electron chi connectivity index (χ2n) is 14.2. The van der Waals surface area contributed by atoms with Crippen molar-refractivity contribution >= 4 is 43.2 Å². The minimum absolute atomic E-state index is 0.484. The molecular weight excluding hydrogens is 639 g/mol. The monoisotopic (exact) mass is 671 g/mol. The molecule has 1 heteroatoms. The van der Waals surface area contributed by atoms with Gasteiger partial charge in [0.05, 0.1) is 16.6 Å². The molecule has 9 aromatic carbocycles. The van der Waals surface area contributed by atoms with Crippen LogP contribution in [0.15, 0.2) is 200 Å². The van der Waals surface area contributed by atoms with Crippen molar-refractivity contribution in [2.24, 2.45) is 0 Å². The van der Waals surface area contributed by atoms with Crippen molar-refractivity contribution in [3.63, 3.8) is 0 Å². The lowest BCUT2D eigenvalue weighted by atomic mass is 9.66. The first-order valence-corrected chi connectivity index (χ1v) is 18.4. The van der Waals surface area contributed by atoms with Crippen LogP contribution in [0.4, 0.5) is 0 Å². The number of hydrogen-bond acceptors (Lipinski definition) is 1. The van der Waals surface area contributed by atoms with Gasteiger partial charge in [0.2, 0.25) is 0 Å². The van der Waals surface area contributed by atoms with Crippen LogP contribution in [-0.2, 0) is 5.41 Å². The Morgan fingerprint density at radius 3 is 1.55 bits per heavy atom. The highest BCUT2D eigenvalue weighted by Gasteiger charge is 2.47. The van der Waals surface area contributed by atoms with Gasteiger partial charge in [-0.05, 0) is 95.0 Å². The Hall–Kier alpha value is -6.83. The van der Waals surface area contributed by atoms with Gasteiger partial charge in [0, 0.05) is 10.9 Å². The third-order valence-electron chi connectivity index (χ3n) is 11.5. The third-order valence-corrected chi connectivity index (χ3v) is 11.5. The molecule has 11 rings (SSSR count). The molecule has 0 radical (unpaired) electrons. The van der Waals surface area contributed by atoms with E-state index in [9.17, 15) is 0 Å². The summed E-state index contributed by atoms with van der Waals surface area (Å²) in [5, 5.41) is 8.56. The molecule has 0 saturated carbocycles. The summed E-state index contributed by atoms with van der Waals surface area (Å²) in [7, 11) is 0. The topological polar surface area (TPSA) is 12.9 Å². The molecular formula is C52H33N. The van der Waals surface area contributed by atoms with E-state index in [0.29, 0.717) is 0 Å². The minimum Gasteiger partial charge on any atom is -0.248 e. The van der Waals surface area contributed by atoms with Crippen LogP contribution >= 0.6 is 0 Å². The number of benzene rings is 9. The quantitative estimate of drug-likeness (QED) is 0.170. The van der Waals surface area contributed by atoms with Crippen molar-refractivity contribution in [2.75, 3.05) is 0 Å². The first kappa shape index (κ1) is 29.9. The predicted octanol–water partition coefficient (Wildman–Crippen LogP) is 13.4. The summed E-state index contributed by atoms with van der Waals surface area (Å²) in [4.78, 5) is 5.22. The maximum Gasteiger partial charge on any atom is 0.0722 e. The number of pyridine rings is 1. The summed E-state index contributed by atoms with van der Waals surface area (Å²) < 4.78 is 0. The maximum absolute atomic E-state index is 5.22. The van der Waals surface area contributed by atoms with Gasteiger partial charge in [-0.3, -0.25) is 0 Å². The molecule has 0 amide bonds. The van der Waals surface area contributed by atoms with Gasteiger partial charge in [0.25, 0.3) is 0 Å². The maximum atomic E-state index is 5.22. The fraction of sp³-hybridized carbons (Fsp3) is 0.0192. The first-order valence-electron chi connectivity index (χ1n) is 18.4. The lowest BCUT2D eigenvalue weighted by Crippen LogP contribution is -2.28. The third kappa shape index (κ3) is 4.28. The number of para-hydroxylation sites is 1. The molecule has 0 spiro atoms. The Balaban J connectivity index is 1.23. The molecule has 1 heterocycles. The Kier molecular flexibility index (Phi) is 6.53. The fourth-order valence-electron chi connectivity index (χ4n) is 9.35. The number of fused-ring (bicyclic) bond motifs is 8. The van der Waals surface area contributed by atoms with E-state index in [0.717, 1.165) is 16.6 Å². The highest BCUT2D eigenvalue weighted by molar-refractivity contribution is 6.21. The zero-order chi connectivity index (χ0) is 34.9. The van der Waals surface area contributed by atoms with E-state index in [-0.39, 0.29) is 0 Å². The summed E-state index contributed by atoms with van der Waals surface area (Å²) in [6.45, 7) is 0. The van der Waals surface area contributed by atoms with E-state index < -0.39 is 5.41 Å². The van der Waals surface area contributed by atoms with E-state index in [4.69, 9.17) is 4.98 Å². The molecule has 1 aliphatic carbocycles. The number of rotatable bonds is 4. The summed E-state index contributed by atoms with van der Waals surface area (Å²) >= 11 is 0. The van der Waals surface area contributed by atoms with Gasteiger partial charge in [0.15, 0.2) is 0 Å². The average molecular weight is 672 g/mol. The van der Waals surface area contributed by atoms with E-state index in [1.165, 1.54) is 82.4 Å². The first-order chi connectivity index (χ1) is 26.3. The molecule has 1 aromatic heterocycles. The fourth-order valence-corrected chi connectivity index (χ4v) is 9.35. The van der Waals surface area contributed by atoms with Crippen LogP contribution < -0.4 is 0 Å². The summed E-state index contributed by atoms with van der Waals surface area (Å²) in [5.41, 5.74) is 13.0. The summed E-state index contributed by atoms with van der Waals surface area (Å²) in [5.74, 6) is 0. The Morgan fingerprint density at radius 2 is 0.887 bits per heavy atom. The van der Waals surface area contributed by atoms with Gasteiger partial charge in [-0.25, -0.2) is 4.98 Å². The Bertz CT molecular complexity index is 2950. The number of hydrogen-bond donors (Lipinski definition) is 0. The van der Waals surface area contributed by atoms with Crippen molar-refractivity contribution in [2.45, 2.75) is 5.41 Å². The average Bonchev–Trinajstić information content (AvgIpc) is 3.54. The second kappa shape index (κ2) is 11.6. The predicted molar refractivity (Wildman–Crippen MR) is 222 cm³/mol. The zero-order valence-electron chi connectivity index (χ0n) is 29.0. The van der Waals surface area contributed by atoms with Gasteiger partial charge in [-0.15, -0.1) is 0 Å². The minimum atomic E-state index is -0.484. The van der Waals surface area contributed by atoms with Gasteiger partial charge >= 0.3 is 0 Å². The number of nitrogens with zero attached hydrogens (tertiary/aromatic N) is 1. The molecule has 0 atom stereocenters. The van der Waals surface area contributed by atoms with E-state index >= 15 is 0 Å². The zero-order valence-corrected chi connectivity index (χ0v) is 29.0. The van der Waals surface area contributed by atoms with E-state index in [2.05, 4.69) is 200 Å². The standard InChI is InChI=1S/C52H33N/c1-3-17-37(18-4-1)52(38-19-5-2-6-20-38)46-31-28-36(33-45(46)44-30-27-34-15-7-9-21-39(34)51(44)52)49-40-22-10-12-24-42(40)50(43-25-13-11-23-41(43)49)48-32-29-35-16-8-14-26-47(35)53-48/h1-33H. The van der Waals surface area contributed by atoms with Crippen molar-refractivity contribution in [1.82, 2.24) is 4.98 Å². The SMILES string of the molecule is c1ccc(C2(c3ccccc3)c3ccc(-c4c5ccccc5c(-c5ccc6ccccc6n5)c5ccccc45)cc3-c3ccc4ccccc4c32)cc1. The van der Waals surface area contributed by atoms with Crippen molar-refractivity contribution in [3.05, 3.63) is 222 Å². The summed E-state index contributed by atoms with van der Waals surface area (Å²) in [6.07, 6.45) is 0. The van der Waals surface area contributed by atoms with Crippen LogP contribution in [0.3, 0.4) is 0 Å². The van der Waals surface area contributed by atoms with E-state index in [1.54, 1.807) is 0 Å². The van der Waals surface area contributed by atoms with Crippen LogP contribution in [0, 0.1) is 0 Å². The molecule has 10 aromatic rings. The Morgan fingerprint density at radius 1 is 0.358 bits per heavy atom. The molecule has 53 heavy (non-hydrogen) atoms. The summed E-state index contributed by atoms with van der Waals surface area (Å²) in [6, 6.07) is 73.5. The molecule has 246 valence electrons. The second-order valence-corrected chi connectivity index (χ2v) is 14.2. The van der Waals surface area contributed by atoms with Gasteiger partial charge in [0.1, 0.15) is 0 Å². The molecule has 0 unspecified atom stereocenters. The van der Waals surface area contributed by atoms with Crippen LogP contribution in [0.1, 0.15) is 22.3 Å². The largest absolute Gasteiger partial charge is 0.248 e. The molecule has 0 saturated heterocycles. The molecule has 0 aliphatic heterocycles. The van der Waals surface area contributed by atoms with Crippen molar-refractivity contribution in [3.8, 4) is 33.5 Å². The van der Waals surface area contributed by atoms with Gasteiger partial charge in [-0.1, -0.05) is 182 Å². The lowest BCUT2D eigenvalue weighted by Gasteiger charge is -2.34. The Labute approximate surface area is 308 Å². The van der Waals surface area contributed by atoms with Crippen LogP contribution in [0.5, 0.6) is 0 Å². The molecule has 0 N–H and O–H groups in total. The van der Waals surface area contributed by atoms with E-state index in [1.807, 2.05) is 0 Å². The van der Waals surface area contributed by atoms with Crippen LogP contribution in [0.25, 0.3) is 76.7 Å². The number of aromatic nitrogens is 1. The van der Waals surface area contributed by atoms with Crippen molar-refractivity contribution < 1.29 is 0 Å². The highest BCUT2D eigenvalue weighted by Crippen LogP contribution is 2.59. The van der Waals surface area contributed by atoms with Crippen LogP contribution in [0.2, 0.25) is 0 Å². The molecule has 0 bridgehead atoms.